The zero-order valence-corrected chi connectivity index (χ0v) is 14.4. The maximum Gasteiger partial charge on any atom is 0.274 e. The van der Waals surface area contributed by atoms with Gasteiger partial charge in [0.1, 0.15) is 11.9 Å². The number of rotatable bonds is 2. The summed E-state index contributed by atoms with van der Waals surface area (Å²) in [6.45, 7) is 3.00. The first kappa shape index (κ1) is 17.8. The van der Waals surface area contributed by atoms with Gasteiger partial charge >= 0.3 is 0 Å². The largest absolute Gasteiger partial charge is 0.370 e. The molecule has 1 aromatic heterocycles. The normalized spacial score (nSPS) is 19.9. The first-order chi connectivity index (χ1) is 11.7. The summed E-state index contributed by atoms with van der Waals surface area (Å²) in [5.74, 6) is -0.357. The fourth-order valence-electron chi connectivity index (χ4n) is 3.26. The number of carbonyl (C=O) groups is 1. The van der Waals surface area contributed by atoms with Gasteiger partial charge in [-0.1, -0.05) is 12.1 Å². The van der Waals surface area contributed by atoms with Crippen molar-refractivity contribution in [3.8, 4) is 0 Å². The Kier molecular flexibility index (Phi) is 5.36. The van der Waals surface area contributed by atoms with E-state index in [2.05, 4.69) is 15.5 Å². The molecule has 3 heterocycles. The first-order valence-corrected chi connectivity index (χ1v) is 8.15. The zero-order valence-electron chi connectivity index (χ0n) is 13.6. The van der Waals surface area contributed by atoms with Crippen LogP contribution in [0.2, 0.25) is 0 Å². The summed E-state index contributed by atoms with van der Waals surface area (Å²) in [6.07, 6.45) is 0.618. The molecule has 2 aromatic rings. The summed E-state index contributed by atoms with van der Waals surface area (Å²) in [5, 5.41) is 10.5. The molecule has 0 saturated carbocycles. The van der Waals surface area contributed by atoms with Crippen molar-refractivity contribution in [3.63, 3.8) is 0 Å². The molecule has 1 amide bonds. The van der Waals surface area contributed by atoms with E-state index >= 15 is 0 Å². The lowest BCUT2D eigenvalue weighted by atomic mass is 10.0. The van der Waals surface area contributed by atoms with Gasteiger partial charge in [-0.25, -0.2) is 4.39 Å². The summed E-state index contributed by atoms with van der Waals surface area (Å²) >= 11 is 0. The highest BCUT2D eigenvalue weighted by molar-refractivity contribution is 5.94. The van der Waals surface area contributed by atoms with Crippen LogP contribution in [-0.4, -0.2) is 47.2 Å². The number of carbonyl (C=O) groups excluding carboxylic acids is 1. The van der Waals surface area contributed by atoms with Crippen molar-refractivity contribution >= 4 is 18.3 Å². The maximum atomic E-state index is 13.1. The Bertz CT molecular complexity index is 750. The predicted octanol–water partition coefficient (Wildman–Crippen LogP) is 1.83. The van der Waals surface area contributed by atoms with Gasteiger partial charge in [0.25, 0.3) is 5.91 Å². The van der Waals surface area contributed by atoms with E-state index in [4.69, 9.17) is 4.74 Å². The number of hydrogen-bond donors (Lipinski definition) is 2. The minimum Gasteiger partial charge on any atom is -0.370 e. The van der Waals surface area contributed by atoms with Crippen LogP contribution in [0.1, 0.15) is 33.4 Å². The summed E-state index contributed by atoms with van der Waals surface area (Å²) in [6, 6.07) is 6.23. The van der Waals surface area contributed by atoms with E-state index in [1.807, 2.05) is 0 Å². The van der Waals surface area contributed by atoms with Gasteiger partial charge in [-0.15, -0.1) is 12.4 Å². The number of fused-ring (bicyclic) bond motifs is 1. The van der Waals surface area contributed by atoms with E-state index in [0.717, 1.165) is 29.8 Å². The van der Waals surface area contributed by atoms with Gasteiger partial charge in [-0.05, 0) is 17.7 Å². The molecule has 1 fully saturated rings. The molecule has 2 aliphatic rings. The summed E-state index contributed by atoms with van der Waals surface area (Å²) in [5.41, 5.74) is 3.38. The fourth-order valence-corrected chi connectivity index (χ4v) is 3.26. The Hall–Kier alpha value is -1.96. The van der Waals surface area contributed by atoms with Gasteiger partial charge < -0.3 is 15.0 Å². The van der Waals surface area contributed by atoms with Crippen molar-refractivity contribution in [1.29, 1.82) is 0 Å². The summed E-state index contributed by atoms with van der Waals surface area (Å²) in [4.78, 5) is 14.6. The van der Waals surface area contributed by atoms with Crippen LogP contribution in [0.15, 0.2) is 24.3 Å². The molecule has 1 aromatic carbocycles. The highest BCUT2D eigenvalue weighted by Gasteiger charge is 2.30. The third kappa shape index (κ3) is 3.53. The lowest BCUT2D eigenvalue weighted by molar-refractivity contribution is -0.0230. The van der Waals surface area contributed by atoms with E-state index < -0.39 is 0 Å². The minimum atomic E-state index is -0.279. The molecular weight excluding hydrogens is 347 g/mol. The summed E-state index contributed by atoms with van der Waals surface area (Å²) in [7, 11) is 0. The first-order valence-electron chi connectivity index (χ1n) is 8.15. The molecule has 6 nitrogen and oxygen atoms in total. The van der Waals surface area contributed by atoms with Crippen LogP contribution in [0.5, 0.6) is 0 Å². The van der Waals surface area contributed by atoms with Crippen molar-refractivity contribution in [2.24, 2.45) is 0 Å². The minimum absolute atomic E-state index is 0. The second-order valence-corrected chi connectivity index (χ2v) is 6.12. The number of ether oxygens (including phenoxy) is 1. The van der Waals surface area contributed by atoms with Gasteiger partial charge in [-0.3, -0.25) is 9.89 Å². The summed E-state index contributed by atoms with van der Waals surface area (Å²) < 4.78 is 18.8. The zero-order chi connectivity index (χ0) is 16.5. The SMILES string of the molecule is Cl.O=C(c1n[nH]c2c1CNCC2)N1CCOC(c2ccc(F)cc2)C1. The van der Waals surface area contributed by atoms with Crippen LogP contribution in [0.25, 0.3) is 0 Å². The van der Waals surface area contributed by atoms with Crippen molar-refractivity contribution < 1.29 is 13.9 Å². The Balaban J connectivity index is 0.00000182. The van der Waals surface area contributed by atoms with E-state index in [-0.39, 0.29) is 30.2 Å². The van der Waals surface area contributed by atoms with E-state index in [1.54, 1.807) is 17.0 Å². The topological polar surface area (TPSA) is 70.2 Å². The molecule has 0 radical (unpaired) electrons. The number of aromatic nitrogens is 2. The average molecular weight is 367 g/mol. The number of morpholine rings is 1. The maximum absolute atomic E-state index is 13.1. The molecule has 2 N–H and O–H groups in total. The number of H-pyrrole nitrogens is 1. The quantitative estimate of drug-likeness (QED) is 0.850. The number of benzene rings is 1. The van der Waals surface area contributed by atoms with Gasteiger partial charge in [0.2, 0.25) is 0 Å². The Morgan fingerprint density at radius 2 is 2.12 bits per heavy atom. The van der Waals surface area contributed by atoms with Gasteiger partial charge in [0.15, 0.2) is 5.69 Å². The number of aromatic amines is 1. The van der Waals surface area contributed by atoms with Crippen LogP contribution >= 0.6 is 12.4 Å². The molecule has 25 heavy (non-hydrogen) atoms. The molecular formula is C17H20ClFN4O2. The molecule has 0 bridgehead atoms. The molecule has 0 aliphatic carbocycles. The Morgan fingerprint density at radius 1 is 1.32 bits per heavy atom. The third-order valence-corrected chi connectivity index (χ3v) is 4.60. The number of halogens is 2. The van der Waals surface area contributed by atoms with Crippen molar-refractivity contribution in [1.82, 2.24) is 20.4 Å². The van der Waals surface area contributed by atoms with E-state index in [0.29, 0.717) is 31.9 Å². The smallest absolute Gasteiger partial charge is 0.274 e. The lowest BCUT2D eigenvalue weighted by Crippen LogP contribution is -2.43. The number of nitrogens with one attached hydrogen (secondary N) is 2. The van der Waals surface area contributed by atoms with Crippen LogP contribution in [0.3, 0.4) is 0 Å². The second kappa shape index (κ2) is 7.51. The highest BCUT2D eigenvalue weighted by atomic mass is 35.5. The molecule has 1 atom stereocenters. The van der Waals surface area contributed by atoms with Crippen molar-refractivity contribution in [3.05, 3.63) is 52.6 Å². The Labute approximate surface area is 151 Å². The molecule has 2 aliphatic heterocycles. The third-order valence-electron chi connectivity index (χ3n) is 4.60. The highest BCUT2D eigenvalue weighted by Crippen LogP contribution is 2.24. The molecule has 1 unspecified atom stereocenters. The number of amides is 1. The molecule has 1 saturated heterocycles. The molecule has 0 spiro atoms. The predicted molar refractivity (Wildman–Crippen MR) is 92.2 cm³/mol. The van der Waals surface area contributed by atoms with Gasteiger partial charge in [0, 0.05) is 37.3 Å². The van der Waals surface area contributed by atoms with Gasteiger partial charge in [0.05, 0.1) is 13.2 Å². The van der Waals surface area contributed by atoms with E-state index in [1.165, 1.54) is 12.1 Å². The molecule has 4 rings (SSSR count). The van der Waals surface area contributed by atoms with E-state index in [9.17, 15) is 9.18 Å². The van der Waals surface area contributed by atoms with Gasteiger partial charge in [-0.2, -0.15) is 5.10 Å². The van der Waals surface area contributed by atoms with Crippen molar-refractivity contribution in [2.75, 3.05) is 26.2 Å². The van der Waals surface area contributed by atoms with Crippen molar-refractivity contribution in [2.45, 2.75) is 19.1 Å². The number of hydrogen-bond acceptors (Lipinski definition) is 4. The monoisotopic (exact) mass is 366 g/mol. The standard InChI is InChI=1S/C17H19FN4O2.ClH/c18-12-3-1-11(2-4-12)15-10-22(7-8-24-15)17(23)16-13-9-19-6-5-14(13)20-21-16;/h1-4,15,19H,5-10H2,(H,20,21);1H. The van der Waals surface area contributed by atoms with Crippen LogP contribution in [-0.2, 0) is 17.7 Å². The lowest BCUT2D eigenvalue weighted by Gasteiger charge is -2.33. The number of nitrogens with zero attached hydrogens (tertiary/aromatic N) is 2. The fraction of sp³-hybridized carbons (Fsp3) is 0.412. The van der Waals surface area contributed by atoms with Crippen LogP contribution in [0.4, 0.5) is 4.39 Å². The molecule has 8 heteroatoms. The molecule has 134 valence electrons. The second-order valence-electron chi connectivity index (χ2n) is 6.12. The van der Waals surface area contributed by atoms with Crippen LogP contribution in [0, 0.1) is 5.82 Å². The van der Waals surface area contributed by atoms with Crippen LogP contribution < -0.4 is 5.32 Å². The Morgan fingerprint density at radius 3 is 2.92 bits per heavy atom. The average Bonchev–Trinajstić information content (AvgIpc) is 3.06.